The third kappa shape index (κ3) is 6.56. The number of ether oxygens (including phenoxy) is 2. The van der Waals surface area contributed by atoms with Gasteiger partial charge in [-0.1, -0.05) is 18.2 Å². The number of rotatable bonds is 9. The van der Waals surface area contributed by atoms with Crippen LogP contribution in [0.4, 0.5) is 4.39 Å². The van der Waals surface area contributed by atoms with Gasteiger partial charge in [-0.15, -0.1) is 11.3 Å². The van der Waals surface area contributed by atoms with Gasteiger partial charge in [0, 0.05) is 27.8 Å². The molecule has 2 saturated heterocycles. The molecule has 1 aromatic heterocycles. The molecule has 0 unspecified atom stereocenters. The summed E-state index contributed by atoms with van der Waals surface area (Å²) < 4.78 is 25.6. The van der Waals surface area contributed by atoms with Crippen molar-refractivity contribution in [2.24, 2.45) is 5.73 Å². The monoisotopic (exact) mass is 609 g/mol. The topological polar surface area (TPSA) is 184 Å². The van der Waals surface area contributed by atoms with Crippen molar-refractivity contribution in [3.05, 3.63) is 81.3 Å². The van der Waals surface area contributed by atoms with Crippen molar-refractivity contribution in [3.8, 4) is 11.1 Å². The first-order valence-corrected chi connectivity index (χ1v) is 14.1. The van der Waals surface area contributed by atoms with Gasteiger partial charge in [-0.25, -0.2) is 9.18 Å². The molecule has 43 heavy (non-hydrogen) atoms. The van der Waals surface area contributed by atoms with Gasteiger partial charge in [-0.2, -0.15) is 0 Å². The third-order valence-electron chi connectivity index (χ3n) is 7.21. The van der Waals surface area contributed by atoms with Crippen molar-refractivity contribution in [1.29, 1.82) is 5.41 Å². The molecule has 2 aliphatic heterocycles. The van der Waals surface area contributed by atoms with Crippen molar-refractivity contribution in [2.45, 2.75) is 24.8 Å². The number of hydrogen-bond acceptors (Lipinski definition) is 8. The zero-order chi connectivity index (χ0) is 30.7. The average molecular weight is 610 g/mol. The Hall–Kier alpha value is -4.66. The van der Waals surface area contributed by atoms with Crippen LogP contribution in [0.5, 0.6) is 0 Å². The van der Waals surface area contributed by atoms with Crippen LogP contribution >= 0.6 is 11.3 Å². The lowest BCUT2D eigenvalue weighted by Crippen LogP contribution is -2.49. The molecular formula is C29H28FN5O7S. The van der Waals surface area contributed by atoms with Gasteiger partial charge in [0.25, 0.3) is 5.91 Å². The largest absolute Gasteiger partial charge is 0.478 e. The molecule has 3 aromatic rings. The number of nitrogens with two attached hydrogens (primary N) is 1. The highest BCUT2D eigenvalue weighted by Crippen LogP contribution is 2.35. The first-order valence-electron chi connectivity index (χ1n) is 13.2. The van der Waals surface area contributed by atoms with E-state index in [4.69, 9.17) is 25.7 Å². The summed E-state index contributed by atoms with van der Waals surface area (Å²) in [5.74, 6) is -4.84. The summed E-state index contributed by atoms with van der Waals surface area (Å²) in [5, 5.41) is 23.7. The molecule has 2 fully saturated rings. The maximum atomic E-state index is 14.1. The van der Waals surface area contributed by atoms with Crippen LogP contribution in [0, 0.1) is 11.2 Å². The standard InChI is InChI=1S/C29H28FN5O7S/c30-22-10-18(5-6-21(22)28(39)40)16-1-3-17(4-2-16)26(37)34-13-24(36)35-15-29(41-7-8-42-29)11-23(35)27(38)33-12-20-9-19(14-43-20)25(31)32/h1-6,9-10,14,23H,7-8,11-13,15H2,(H3,31,32)(H,33,38)(H,34,37)(H,39,40)/t23-/m0/s1. The Morgan fingerprint density at radius 2 is 1.74 bits per heavy atom. The van der Waals surface area contributed by atoms with Gasteiger partial charge in [-0.3, -0.25) is 19.8 Å². The molecule has 12 nitrogen and oxygen atoms in total. The summed E-state index contributed by atoms with van der Waals surface area (Å²) in [4.78, 5) is 52.4. The summed E-state index contributed by atoms with van der Waals surface area (Å²) in [6.07, 6.45) is 0.136. The Labute approximate surface area is 249 Å². The SMILES string of the molecule is N=C(N)c1csc(CNC(=O)[C@@H]2CC3(CN2C(=O)CNC(=O)c2ccc(-c4ccc(C(=O)O)c(F)c4)cc2)OCCO3)c1. The second-order valence-electron chi connectivity index (χ2n) is 10.0. The molecule has 3 amide bonds. The summed E-state index contributed by atoms with van der Waals surface area (Å²) in [5.41, 5.74) is 6.88. The molecule has 0 bridgehead atoms. The lowest BCUT2D eigenvalue weighted by Gasteiger charge is -2.24. The van der Waals surface area contributed by atoms with E-state index in [1.807, 2.05) is 0 Å². The molecular weight excluding hydrogens is 581 g/mol. The number of carboxylic acids is 1. The van der Waals surface area contributed by atoms with Gasteiger partial charge in [0.05, 0.1) is 38.4 Å². The van der Waals surface area contributed by atoms with E-state index in [1.165, 1.54) is 40.5 Å². The molecule has 0 saturated carbocycles. The highest BCUT2D eigenvalue weighted by molar-refractivity contribution is 7.10. The smallest absolute Gasteiger partial charge is 0.338 e. The van der Waals surface area contributed by atoms with E-state index in [2.05, 4.69) is 10.6 Å². The number of thiophene rings is 1. The van der Waals surface area contributed by atoms with Gasteiger partial charge >= 0.3 is 5.97 Å². The van der Waals surface area contributed by atoms with Gasteiger partial charge in [0.1, 0.15) is 17.7 Å². The highest BCUT2D eigenvalue weighted by atomic mass is 32.1. The summed E-state index contributed by atoms with van der Waals surface area (Å²) in [7, 11) is 0. The normalized spacial score (nSPS) is 17.1. The average Bonchev–Trinajstić information content (AvgIpc) is 3.75. The first-order chi connectivity index (χ1) is 20.5. The van der Waals surface area contributed by atoms with E-state index < -0.39 is 46.9 Å². The number of amides is 3. The molecule has 6 N–H and O–H groups in total. The van der Waals surface area contributed by atoms with Crippen LogP contribution in [0.25, 0.3) is 11.1 Å². The number of nitrogens with one attached hydrogen (secondary N) is 3. The number of carboxylic acid groups (broad SMARTS) is 1. The zero-order valence-corrected chi connectivity index (χ0v) is 23.5. The maximum absolute atomic E-state index is 14.1. The Bertz CT molecular complexity index is 1590. The fraction of sp³-hybridized carbons (Fsp3) is 0.276. The zero-order valence-electron chi connectivity index (χ0n) is 22.7. The lowest BCUT2D eigenvalue weighted by atomic mass is 10.0. The second kappa shape index (κ2) is 12.3. The number of carbonyl (C=O) groups excluding carboxylic acids is 3. The molecule has 2 aliphatic rings. The number of halogens is 1. The van der Waals surface area contributed by atoms with E-state index in [9.17, 15) is 23.6 Å². The second-order valence-corrected chi connectivity index (χ2v) is 11.0. The highest BCUT2D eigenvalue weighted by Gasteiger charge is 2.52. The molecule has 14 heteroatoms. The quantitative estimate of drug-likeness (QED) is 0.180. The number of aromatic carboxylic acids is 1. The van der Waals surface area contributed by atoms with Crippen molar-refractivity contribution < 1.29 is 38.1 Å². The molecule has 224 valence electrons. The first kappa shape index (κ1) is 29.8. The number of nitrogens with zero attached hydrogens (tertiary/aromatic N) is 1. The van der Waals surface area contributed by atoms with Gasteiger partial charge < -0.3 is 35.8 Å². The minimum atomic E-state index is -1.37. The predicted molar refractivity (Wildman–Crippen MR) is 153 cm³/mol. The Morgan fingerprint density at radius 3 is 2.37 bits per heavy atom. The molecule has 3 heterocycles. The molecule has 1 spiro atoms. The summed E-state index contributed by atoms with van der Waals surface area (Å²) >= 11 is 1.35. The number of likely N-dealkylation sites (tertiary alicyclic amines) is 1. The van der Waals surface area contributed by atoms with Crippen molar-refractivity contribution >= 4 is 40.9 Å². The maximum Gasteiger partial charge on any atom is 0.338 e. The van der Waals surface area contributed by atoms with E-state index in [0.29, 0.717) is 29.9 Å². The van der Waals surface area contributed by atoms with Crippen molar-refractivity contribution in [3.63, 3.8) is 0 Å². The number of carbonyl (C=O) groups is 4. The Balaban J connectivity index is 1.21. The van der Waals surface area contributed by atoms with E-state index in [0.717, 1.165) is 10.9 Å². The Morgan fingerprint density at radius 1 is 1.05 bits per heavy atom. The van der Waals surface area contributed by atoms with E-state index >= 15 is 0 Å². The molecule has 0 radical (unpaired) electrons. The van der Waals surface area contributed by atoms with Crippen LogP contribution in [0.2, 0.25) is 0 Å². The van der Waals surface area contributed by atoms with Gasteiger partial charge in [0.15, 0.2) is 5.79 Å². The summed E-state index contributed by atoms with van der Waals surface area (Å²) in [6.45, 7) is 0.506. The molecule has 0 aliphatic carbocycles. The number of hydrogen-bond donors (Lipinski definition) is 5. The number of nitrogen functional groups attached to an aromatic ring is 1. The summed E-state index contributed by atoms with van der Waals surface area (Å²) in [6, 6.07) is 10.7. The van der Waals surface area contributed by atoms with Crippen LogP contribution in [-0.4, -0.2) is 77.7 Å². The minimum Gasteiger partial charge on any atom is -0.478 e. The van der Waals surface area contributed by atoms with Gasteiger partial charge in [0.2, 0.25) is 11.8 Å². The minimum absolute atomic E-state index is 0.0270. The third-order valence-corrected chi connectivity index (χ3v) is 8.15. The van der Waals surface area contributed by atoms with E-state index in [1.54, 1.807) is 23.6 Å². The van der Waals surface area contributed by atoms with Crippen molar-refractivity contribution in [1.82, 2.24) is 15.5 Å². The number of benzene rings is 2. The van der Waals surface area contributed by atoms with Crippen molar-refractivity contribution in [2.75, 3.05) is 26.3 Å². The van der Waals surface area contributed by atoms with Crippen LogP contribution in [-0.2, 0) is 25.6 Å². The van der Waals surface area contributed by atoms with Crippen LogP contribution in [0.1, 0.15) is 37.6 Å². The van der Waals surface area contributed by atoms with E-state index in [-0.39, 0.29) is 37.5 Å². The van der Waals surface area contributed by atoms with Gasteiger partial charge in [-0.05, 0) is 41.5 Å². The fourth-order valence-corrected chi connectivity index (χ4v) is 5.81. The van der Waals surface area contributed by atoms with Crippen LogP contribution in [0.3, 0.4) is 0 Å². The Kier molecular flexibility index (Phi) is 8.52. The molecule has 5 rings (SSSR count). The molecule has 2 aromatic carbocycles. The fourth-order valence-electron chi connectivity index (χ4n) is 4.99. The van der Waals surface area contributed by atoms with Crippen LogP contribution in [0.15, 0.2) is 53.9 Å². The number of amidine groups is 1. The molecule has 1 atom stereocenters. The predicted octanol–water partition coefficient (Wildman–Crippen LogP) is 1.93. The van der Waals surface area contributed by atoms with Crippen LogP contribution < -0.4 is 16.4 Å². The lowest BCUT2D eigenvalue weighted by molar-refractivity contribution is -0.152.